The van der Waals surface area contributed by atoms with Gasteiger partial charge < -0.3 is 14.8 Å². The summed E-state index contributed by atoms with van der Waals surface area (Å²) >= 11 is 6.15. The lowest BCUT2D eigenvalue weighted by atomic mass is 10.1. The minimum atomic E-state index is -0.348. The van der Waals surface area contributed by atoms with Crippen LogP contribution in [0.3, 0.4) is 0 Å². The molecule has 3 rings (SSSR count). The Balaban J connectivity index is 1.73. The Bertz CT molecular complexity index is 1010. The summed E-state index contributed by atoms with van der Waals surface area (Å²) in [6.45, 7) is 5.87. The van der Waals surface area contributed by atoms with E-state index in [-0.39, 0.29) is 37.4 Å². The lowest BCUT2D eigenvalue weighted by molar-refractivity contribution is -0.125. The third-order valence-corrected chi connectivity index (χ3v) is 4.97. The molecule has 1 N–H and O–H groups in total. The van der Waals surface area contributed by atoms with Crippen LogP contribution in [0.5, 0.6) is 11.5 Å². The molecule has 164 valence electrons. The Kier molecular flexibility index (Phi) is 7.17. The van der Waals surface area contributed by atoms with Gasteiger partial charge in [0.25, 0.3) is 5.91 Å². The average molecular weight is 445 g/mol. The number of nitrogens with one attached hydrogen (secondary N) is 1. The predicted octanol–water partition coefficient (Wildman–Crippen LogP) is 3.41. The quantitative estimate of drug-likeness (QED) is 0.631. The van der Waals surface area contributed by atoms with E-state index in [1.807, 2.05) is 26.8 Å². The number of hydrogen-bond acceptors (Lipinski definition) is 5. The topological polar surface area (TPSA) is 84.9 Å². The van der Waals surface area contributed by atoms with E-state index in [1.54, 1.807) is 30.3 Å². The van der Waals surface area contributed by atoms with Crippen molar-refractivity contribution < 1.29 is 23.9 Å². The fraction of sp³-hybridized carbons (Fsp3) is 0.348. The summed E-state index contributed by atoms with van der Waals surface area (Å²) in [6.07, 6.45) is 0. The van der Waals surface area contributed by atoms with Crippen molar-refractivity contribution in [1.82, 2.24) is 5.32 Å². The summed E-state index contributed by atoms with van der Waals surface area (Å²) < 4.78 is 11.0. The summed E-state index contributed by atoms with van der Waals surface area (Å²) in [4.78, 5) is 38.7. The lowest BCUT2D eigenvalue weighted by Crippen LogP contribution is -2.45. The summed E-state index contributed by atoms with van der Waals surface area (Å²) in [5, 5.41) is 3.22. The molecule has 0 aromatic heterocycles. The number of carbonyl (C=O) groups is 3. The Labute approximate surface area is 186 Å². The fourth-order valence-corrected chi connectivity index (χ4v) is 3.31. The van der Waals surface area contributed by atoms with Crippen molar-refractivity contribution in [3.63, 3.8) is 0 Å². The van der Waals surface area contributed by atoms with E-state index in [9.17, 15) is 14.4 Å². The Morgan fingerprint density at radius 2 is 2.00 bits per heavy atom. The number of ether oxygens (including phenoxy) is 2. The normalized spacial score (nSPS) is 12.9. The molecule has 1 aliphatic heterocycles. The van der Waals surface area contributed by atoms with Crippen LogP contribution in [-0.4, -0.2) is 43.9 Å². The van der Waals surface area contributed by atoms with Gasteiger partial charge in [0.2, 0.25) is 5.91 Å². The van der Waals surface area contributed by atoms with Gasteiger partial charge in [0, 0.05) is 12.1 Å². The van der Waals surface area contributed by atoms with Crippen LogP contribution in [0.2, 0.25) is 5.02 Å². The minimum Gasteiger partial charge on any atom is -0.484 e. The number of aryl methyl sites for hydroxylation is 1. The molecule has 0 bridgehead atoms. The van der Waals surface area contributed by atoms with Crippen LogP contribution in [0, 0.1) is 12.8 Å². The van der Waals surface area contributed by atoms with Crippen molar-refractivity contribution in [2.24, 2.45) is 5.92 Å². The largest absolute Gasteiger partial charge is 0.484 e. The summed E-state index contributed by atoms with van der Waals surface area (Å²) in [5.41, 5.74) is 1.71. The number of ketones is 1. The standard InChI is InChI=1S/C23H25ClN2O5/c1-14(2)10-25-22(28)11-26-18-9-16(5-7-21(18)31-13-23(26)29)19(27)12-30-20-6-4-15(3)8-17(20)24/h4-9,14H,10-13H2,1-3H3,(H,25,28). The number of nitrogens with zero attached hydrogens (tertiary/aromatic N) is 1. The molecule has 2 aromatic carbocycles. The third kappa shape index (κ3) is 5.76. The molecule has 0 spiro atoms. The van der Waals surface area contributed by atoms with E-state index in [0.29, 0.717) is 40.2 Å². The van der Waals surface area contributed by atoms with Gasteiger partial charge in [-0.1, -0.05) is 31.5 Å². The van der Waals surface area contributed by atoms with Crippen LogP contribution in [0.1, 0.15) is 29.8 Å². The van der Waals surface area contributed by atoms with E-state index in [1.165, 1.54) is 4.90 Å². The molecule has 1 aliphatic rings. The van der Waals surface area contributed by atoms with Gasteiger partial charge in [-0.3, -0.25) is 19.3 Å². The van der Waals surface area contributed by atoms with Gasteiger partial charge in [0.05, 0.1) is 10.7 Å². The molecule has 8 heteroatoms. The number of fused-ring (bicyclic) bond motifs is 1. The molecule has 7 nitrogen and oxygen atoms in total. The first-order chi connectivity index (χ1) is 14.7. The summed E-state index contributed by atoms with van der Waals surface area (Å²) in [5.74, 6) is 0.240. The van der Waals surface area contributed by atoms with Crippen LogP contribution < -0.4 is 19.7 Å². The SMILES string of the molecule is Cc1ccc(OCC(=O)c2ccc3c(c2)N(CC(=O)NCC(C)C)C(=O)CO3)c(Cl)c1. The fourth-order valence-electron chi connectivity index (χ4n) is 3.02. The van der Waals surface area contributed by atoms with E-state index in [2.05, 4.69) is 5.32 Å². The molecular formula is C23H25ClN2O5. The number of hydrogen-bond donors (Lipinski definition) is 1. The number of benzene rings is 2. The Morgan fingerprint density at radius 1 is 1.23 bits per heavy atom. The average Bonchev–Trinajstić information content (AvgIpc) is 2.73. The zero-order valence-corrected chi connectivity index (χ0v) is 18.5. The predicted molar refractivity (Wildman–Crippen MR) is 118 cm³/mol. The van der Waals surface area contributed by atoms with Crippen LogP contribution in [0.25, 0.3) is 0 Å². The highest BCUT2D eigenvalue weighted by Gasteiger charge is 2.28. The maximum absolute atomic E-state index is 12.7. The highest BCUT2D eigenvalue weighted by molar-refractivity contribution is 6.32. The third-order valence-electron chi connectivity index (χ3n) is 4.68. The van der Waals surface area contributed by atoms with Crippen LogP contribution in [-0.2, 0) is 9.59 Å². The molecular weight excluding hydrogens is 420 g/mol. The van der Waals surface area contributed by atoms with Crippen molar-refractivity contribution in [2.45, 2.75) is 20.8 Å². The zero-order valence-electron chi connectivity index (χ0n) is 17.7. The summed E-state index contributed by atoms with van der Waals surface area (Å²) in [7, 11) is 0. The van der Waals surface area contributed by atoms with E-state index in [0.717, 1.165) is 5.56 Å². The molecule has 0 fully saturated rings. The number of carbonyl (C=O) groups excluding carboxylic acids is 3. The first kappa shape index (κ1) is 22.6. The Hall–Kier alpha value is -3.06. The molecule has 1 heterocycles. The van der Waals surface area contributed by atoms with E-state index < -0.39 is 0 Å². The van der Waals surface area contributed by atoms with Gasteiger partial charge in [-0.2, -0.15) is 0 Å². The first-order valence-electron chi connectivity index (χ1n) is 10.0. The van der Waals surface area contributed by atoms with Crippen LogP contribution in [0.4, 0.5) is 5.69 Å². The smallest absolute Gasteiger partial charge is 0.265 e. The number of rotatable bonds is 8. The van der Waals surface area contributed by atoms with Gasteiger partial charge in [0.15, 0.2) is 19.0 Å². The van der Waals surface area contributed by atoms with E-state index >= 15 is 0 Å². The second-order valence-electron chi connectivity index (χ2n) is 7.79. The molecule has 0 radical (unpaired) electrons. The van der Waals surface area contributed by atoms with Gasteiger partial charge in [-0.05, 0) is 48.7 Å². The highest BCUT2D eigenvalue weighted by Crippen LogP contribution is 2.33. The molecule has 0 saturated carbocycles. The first-order valence-corrected chi connectivity index (χ1v) is 10.4. The number of Topliss-reactive ketones (excluding diaryl/α,β-unsaturated/α-hetero) is 1. The molecule has 0 saturated heterocycles. The maximum atomic E-state index is 12.7. The summed E-state index contributed by atoms with van der Waals surface area (Å²) in [6, 6.07) is 10.1. The van der Waals surface area contributed by atoms with E-state index in [4.69, 9.17) is 21.1 Å². The van der Waals surface area contributed by atoms with Crippen molar-refractivity contribution in [3.8, 4) is 11.5 Å². The Morgan fingerprint density at radius 3 is 2.71 bits per heavy atom. The highest BCUT2D eigenvalue weighted by atomic mass is 35.5. The molecule has 2 aromatic rings. The number of anilines is 1. The number of halogens is 1. The molecule has 31 heavy (non-hydrogen) atoms. The van der Waals surface area contributed by atoms with Crippen molar-refractivity contribution >= 4 is 34.9 Å². The van der Waals surface area contributed by atoms with Gasteiger partial charge in [-0.25, -0.2) is 0 Å². The van der Waals surface area contributed by atoms with Crippen LogP contribution in [0.15, 0.2) is 36.4 Å². The molecule has 2 amide bonds. The number of amides is 2. The zero-order chi connectivity index (χ0) is 22.5. The van der Waals surface area contributed by atoms with Gasteiger partial charge >= 0.3 is 0 Å². The lowest BCUT2D eigenvalue weighted by Gasteiger charge is -2.29. The second-order valence-corrected chi connectivity index (χ2v) is 8.20. The van der Waals surface area contributed by atoms with Gasteiger partial charge in [0.1, 0.15) is 18.0 Å². The van der Waals surface area contributed by atoms with Crippen LogP contribution >= 0.6 is 11.6 Å². The molecule has 0 unspecified atom stereocenters. The van der Waals surface area contributed by atoms with Crippen molar-refractivity contribution in [3.05, 3.63) is 52.5 Å². The molecule has 0 aliphatic carbocycles. The maximum Gasteiger partial charge on any atom is 0.265 e. The second kappa shape index (κ2) is 9.83. The van der Waals surface area contributed by atoms with Crippen molar-refractivity contribution in [2.75, 3.05) is 31.2 Å². The van der Waals surface area contributed by atoms with Crippen molar-refractivity contribution in [1.29, 1.82) is 0 Å². The minimum absolute atomic E-state index is 0.144. The monoisotopic (exact) mass is 444 g/mol. The molecule has 0 atom stereocenters. The van der Waals surface area contributed by atoms with Gasteiger partial charge in [-0.15, -0.1) is 0 Å².